The molecule has 0 fully saturated rings. The predicted octanol–water partition coefficient (Wildman–Crippen LogP) is 3.19. The van der Waals surface area contributed by atoms with Gasteiger partial charge in [0.15, 0.2) is 0 Å². The van der Waals surface area contributed by atoms with E-state index in [1.54, 1.807) is 43.3 Å². The Labute approximate surface area is 176 Å². The molecule has 2 aromatic carbocycles. The summed E-state index contributed by atoms with van der Waals surface area (Å²) in [6.07, 6.45) is 1.01. The summed E-state index contributed by atoms with van der Waals surface area (Å²) in [6.45, 7) is 4.99. The van der Waals surface area contributed by atoms with Crippen molar-refractivity contribution in [2.75, 3.05) is 22.4 Å². The standard InChI is InChI=1S/C20H24ClN3O4S/c1-13(2)22-20(26)16-7-5-6-8-18(16)23-19(25)12-24(29(4,27)28)15-10-9-14(3)17(21)11-15/h5-11,13H,12H2,1-4H3,(H,22,26)(H,23,25). The lowest BCUT2D eigenvalue weighted by molar-refractivity contribution is -0.114. The van der Waals surface area contributed by atoms with Crippen molar-refractivity contribution in [2.24, 2.45) is 0 Å². The highest BCUT2D eigenvalue weighted by Crippen LogP contribution is 2.25. The van der Waals surface area contributed by atoms with Crippen LogP contribution in [0, 0.1) is 6.92 Å². The summed E-state index contributed by atoms with van der Waals surface area (Å²) in [4.78, 5) is 25.0. The molecule has 2 N–H and O–H groups in total. The minimum atomic E-state index is -3.74. The van der Waals surface area contributed by atoms with Gasteiger partial charge in [0, 0.05) is 11.1 Å². The average molecular weight is 438 g/mol. The molecule has 0 unspecified atom stereocenters. The first-order valence-electron chi connectivity index (χ1n) is 8.92. The second kappa shape index (κ2) is 9.28. The van der Waals surface area contributed by atoms with Crippen LogP contribution >= 0.6 is 11.6 Å². The van der Waals surface area contributed by atoms with Gasteiger partial charge < -0.3 is 10.6 Å². The summed E-state index contributed by atoms with van der Waals surface area (Å²) in [6, 6.07) is 11.2. The van der Waals surface area contributed by atoms with E-state index in [1.807, 2.05) is 13.8 Å². The van der Waals surface area contributed by atoms with Gasteiger partial charge in [0.1, 0.15) is 6.54 Å². The molecule has 2 aromatic rings. The van der Waals surface area contributed by atoms with Crippen molar-refractivity contribution in [3.8, 4) is 0 Å². The molecule has 0 aliphatic carbocycles. The zero-order valence-electron chi connectivity index (χ0n) is 16.7. The van der Waals surface area contributed by atoms with Gasteiger partial charge in [0.2, 0.25) is 15.9 Å². The lowest BCUT2D eigenvalue weighted by Gasteiger charge is -2.22. The number of para-hydroxylation sites is 1. The van der Waals surface area contributed by atoms with Gasteiger partial charge in [0.05, 0.1) is 23.2 Å². The van der Waals surface area contributed by atoms with Gasteiger partial charge in [-0.05, 0) is 50.6 Å². The highest BCUT2D eigenvalue weighted by molar-refractivity contribution is 7.92. The van der Waals surface area contributed by atoms with E-state index in [4.69, 9.17) is 11.6 Å². The van der Waals surface area contributed by atoms with Crippen LogP contribution in [0.4, 0.5) is 11.4 Å². The van der Waals surface area contributed by atoms with Gasteiger partial charge in [-0.1, -0.05) is 29.8 Å². The molecule has 2 rings (SSSR count). The van der Waals surface area contributed by atoms with Crippen LogP contribution < -0.4 is 14.9 Å². The van der Waals surface area contributed by atoms with Crippen molar-refractivity contribution in [3.63, 3.8) is 0 Å². The number of halogens is 1. The van der Waals surface area contributed by atoms with Gasteiger partial charge >= 0.3 is 0 Å². The maximum absolute atomic E-state index is 12.6. The van der Waals surface area contributed by atoms with Crippen molar-refractivity contribution in [2.45, 2.75) is 26.8 Å². The average Bonchev–Trinajstić information content (AvgIpc) is 2.61. The maximum Gasteiger partial charge on any atom is 0.253 e. The topological polar surface area (TPSA) is 95.6 Å². The van der Waals surface area contributed by atoms with Crippen molar-refractivity contribution < 1.29 is 18.0 Å². The van der Waals surface area contributed by atoms with E-state index in [0.717, 1.165) is 16.1 Å². The highest BCUT2D eigenvalue weighted by atomic mass is 35.5. The fourth-order valence-corrected chi connectivity index (χ4v) is 3.61. The number of aryl methyl sites for hydroxylation is 1. The van der Waals surface area contributed by atoms with Gasteiger partial charge in [-0.15, -0.1) is 0 Å². The number of carbonyl (C=O) groups excluding carboxylic acids is 2. The first-order valence-corrected chi connectivity index (χ1v) is 11.1. The van der Waals surface area contributed by atoms with E-state index in [9.17, 15) is 18.0 Å². The number of benzene rings is 2. The molecule has 0 radical (unpaired) electrons. The Morgan fingerprint density at radius 3 is 2.38 bits per heavy atom. The number of rotatable bonds is 7. The van der Waals surface area contributed by atoms with Gasteiger partial charge in [-0.2, -0.15) is 0 Å². The van der Waals surface area contributed by atoms with Gasteiger partial charge in [0.25, 0.3) is 5.91 Å². The molecule has 0 saturated carbocycles. The molecule has 0 bridgehead atoms. The molecule has 156 valence electrons. The molecule has 0 aromatic heterocycles. The third kappa shape index (κ3) is 6.20. The van der Waals surface area contributed by atoms with E-state index in [1.165, 1.54) is 6.07 Å². The second-order valence-corrected chi connectivity index (χ2v) is 9.24. The first kappa shape index (κ1) is 22.7. The number of hydrogen-bond donors (Lipinski definition) is 2. The molecule has 0 spiro atoms. The largest absolute Gasteiger partial charge is 0.350 e. The number of hydrogen-bond acceptors (Lipinski definition) is 4. The van der Waals surface area contributed by atoms with E-state index in [2.05, 4.69) is 10.6 Å². The van der Waals surface area contributed by atoms with E-state index < -0.39 is 22.5 Å². The zero-order chi connectivity index (χ0) is 21.8. The van der Waals surface area contributed by atoms with Crippen LogP contribution in [0.2, 0.25) is 5.02 Å². The minimum Gasteiger partial charge on any atom is -0.350 e. The maximum atomic E-state index is 12.6. The third-order valence-corrected chi connectivity index (χ3v) is 5.54. The predicted molar refractivity (Wildman–Crippen MR) is 116 cm³/mol. The fraction of sp³-hybridized carbons (Fsp3) is 0.300. The smallest absolute Gasteiger partial charge is 0.253 e. The molecule has 2 amide bonds. The number of nitrogens with zero attached hydrogens (tertiary/aromatic N) is 1. The fourth-order valence-electron chi connectivity index (χ4n) is 2.59. The number of nitrogens with one attached hydrogen (secondary N) is 2. The quantitative estimate of drug-likeness (QED) is 0.695. The van der Waals surface area contributed by atoms with E-state index in [0.29, 0.717) is 16.3 Å². The van der Waals surface area contributed by atoms with Crippen LogP contribution in [0.1, 0.15) is 29.8 Å². The summed E-state index contributed by atoms with van der Waals surface area (Å²) in [5.41, 5.74) is 1.66. The monoisotopic (exact) mass is 437 g/mol. The molecule has 0 aliphatic rings. The van der Waals surface area contributed by atoms with Crippen LogP contribution in [0.25, 0.3) is 0 Å². The molecule has 0 aliphatic heterocycles. The Morgan fingerprint density at radius 2 is 1.79 bits per heavy atom. The Bertz CT molecular complexity index is 1020. The molecule has 0 saturated heterocycles. The van der Waals surface area contributed by atoms with Crippen LogP contribution in [-0.4, -0.2) is 39.1 Å². The molecule has 29 heavy (non-hydrogen) atoms. The van der Waals surface area contributed by atoms with Crippen LogP contribution in [0.5, 0.6) is 0 Å². The summed E-state index contributed by atoms with van der Waals surface area (Å²) in [5.74, 6) is -0.918. The van der Waals surface area contributed by atoms with Crippen molar-refractivity contribution in [1.82, 2.24) is 5.32 Å². The minimum absolute atomic E-state index is 0.0710. The Morgan fingerprint density at radius 1 is 1.14 bits per heavy atom. The van der Waals surface area contributed by atoms with Gasteiger partial charge in [-0.3, -0.25) is 13.9 Å². The number of anilines is 2. The lowest BCUT2D eigenvalue weighted by atomic mass is 10.1. The Kier molecular flexibility index (Phi) is 7.26. The first-order chi connectivity index (χ1) is 13.5. The molecule has 9 heteroatoms. The van der Waals surface area contributed by atoms with E-state index >= 15 is 0 Å². The summed E-state index contributed by atoms with van der Waals surface area (Å²) < 4.78 is 25.5. The van der Waals surface area contributed by atoms with E-state index in [-0.39, 0.29) is 17.6 Å². The SMILES string of the molecule is Cc1ccc(N(CC(=O)Nc2ccccc2C(=O)NC(C)C)S(C)(=O)=O)cc1Cl. The molecule has 0 heterocycles. The normalized spacial score (nSPS) is 11.2. The Balaban J connectivity index is 2.26. The summed E-state index contributed by atoms with van der Waals surface area (Å²) in [7, 11) is -3.74. The summed E-state index contributed by atoms with van der Waals surface area (Å²) >= 11 is 6.10. The lowest BCUT2D eigenvalue weighted by Crippen LogP contribution is -2.38. The Hall–Kier alpha value is -2.58. The van der Waals surface area contributed by atoms with Gasteiger partial charge in [-0.25, -0.2) is 8.42 Å². The molecular formula is C20H24ClN3O4S. The van der Waals surface area contributed by atoms with Crippen LogP contribution in [0.15, 0.2) is 42.5 Å². The van der Waals surface area contributed by atoms with Crippen molar-refractivity contribution in [3.05, 3.63) is 58.6 Å². The molecule has 0 atom stereocenters. The number of sulfonamides is 1. The number of carbonyl (C=O) groups is 2. The van der Waals surface area contributed by atoms with Crippen molar-refractivity contribution >= 4 is 44.8 Å². The number of amides is 2. The van der Waals surface area contributed by atoms with Crippen LogP contribution in [0.3, 0.4) is 0 Å². The third-order valence-electron chi connectivity index (χ3n) is 4.00. The molecular weight excluding hydrogens is 414 g/mol. The summed E-state index contributed by atoms with van der Waals surface area (Å²) in [5, 5.41) is 5.78. The highest BCUT2D eigenvalue weighted by Gasteiger charge is 2.22. The zero-order valence-corrected chi connectivity index (χ0v) is 18.3. The molecule has 7 nitrogen and oxygen atoms in total. The second-order valence-electron chi connectivity index (χ2n) is 6.93. The van der Waals surface area contributed by atoms with Crippen LogP contribution in [-0.2, 0) is 14.8 Å². The van der Waals surface area contributed by atoms with Crippen molar-refractivity contribution in [1.29, 1.82) is 0 Å².